The summed E-state index contributed by atoms with van der Waals surface area (Å²) in [6, 6.07) is 8.17. The monoisotopic (exact) mass is 346 g/mol. The standard InChI is InChI=1S/C20H34N4O/c1-20(2,3)25-18-11-7-6-10-17(18)16-23-19(21-4)22-12-15-24-13-8-5-9-14-24/h6-7,10-11H,5,8-9,12-16H2,1-4H3,(H2,21,22,23). The van der Waals surface area contributed by atoms with E-state index in [9.17, 15) is 0 Å². The quantitative estimate of drug-likeness (QED) is 0.614. The lowest BCUT2D eigenvalue weighted by atomic mass is 10.1. The van der Waals surface area contributed by atoms with Crippen LogP contribution in [0.5, 0.6) is 5.75 Å². The summed E-state index contributed by atoms with van der Waals surface area (Å²) < 4.78 is 6.05. The molecule has 5 nitrogen and oxygen atoms in total. The predicted octanol–water partition coefficient (Wildman–Crippen LogP) is 3.01. The third-order valence-electron chi connectivity index (χ3n) is 4.23. The molecule has 0 unspecified atom stereocenters. The van der Waals surface area contributed by atoms with Crippen LogP contribution in [0.25, 0.3) is 0 Å². The van der Waals surface area contributed by atoms with Crippen LogP contribution in [0.3, 0.4) is 0 Å². The van der Waals surface area contributed by atoms with Gasteiger partial charge in [-0.15, -0.1) is 0 Å². The van der Waals surface area contributed by atoms with Gasteiger partial charge in [-0.3, -0.25) is 4.99 Å². The van der Waals surface area contributed by atoms with Crippen molar-refractivity contribution in [2.24, 2.45) is 4.99 Å². The Morgan fingerprint density at radius 3 is 2.52 bits per heavy atom. The van der Waals surface area contributed by atoms with Crippen LogP contribution in [-0.2, 0) is 6.54 Å². The van der Waals surface area contributed by atoms with Crippen LogP contribution in [0.4, 0.5) is 0 Å². The largest absolute Gasteiger partial charge is 0.488 e. The van der Waals surface area contributed by atoms with E-state index in [-0.39, 0.29) is 5.60 Å². The molecule has 1 aromatic carbocycles. The summed E-state index contributed by atoms with van der Waals surface area (Å²) in [5, 5.41) is 6.80. The fourth-order valence-corrected chi connectivity index (χ4v) is 2.99. The summed E-state index contributed by atoms with van der Waals surface area (Å²) in [6.45, 7) is 11.3. The highest BCUT2D eigenvalue weighted by molar-refractivity contribution is 5.79. The van der Waals surface area contributed by atoms with Crippen LogP contribution in [0, 0.1) is 0 Å². The highest BCUT2D eigenvalue weighted by Crippen LogP contribution is 2.22. The number of piperidine rings is 1. The van der Waals surface area contributed by atoms with E-state index < -0.39 is 0 Å². The second-order valence-corrected chi connectivity index (χ2v) is 7.58. The summed E-state index contributed by atoms with van der Waals surface area (Å²) in [4.78, 5) is 6.85. The van der Waals surface area contributed by atoms with Gasteiger partial charge in [0.15, 0.2) is 5.96 Å². The molecule has 0 bridgehead atoms. The second-order valence-electron chi connectivity index (χ2n) is 7.58. The number of nitrogens with one attached hydrogen (secondary N) is 2. The predicted molar refractivity (Wildman–Crippen MR) is 105 cm³/mol. The Hall–Kier alpha value is -1.75. The topological polar surface area (TPSA) is 48.9 Å². The fraction of sp³-hybridized carbons (Fsp3) is 0.650. The molecule has 1 saturated heterocycles. The zero-order valence-electron chi connectivity index (χ0n) is 16.3. The molecule has 2 rings (SSSR count). The lowest BCUT2D eigenvalue weighted by Gasteiger charge is -2.26. The Morgan fingerprint density at radius 2 is 1.84 bits per heavy atom. The van der Waals surface area contributed by atoms with Crippen molar-refractivity contribution in [3.05, 3.63) is 29.8 Å². The Bertz CT molecular complexity index is 545. The number of hydrogen-bond acceptors (Lipinski definition) is 3. The van der Waals surface area contributed by atoms with Crippen LogP contribution in [-0.4, -0.2) is 49.7 Å². The molecule has 0 amide bonds. The molecule has 2 N–H and O–H groups in total. The van der Waals surface area contributed by atoms with E-state index in [1.54, 1.807) is 0 Å². The van der Waals surface area contributed by atoms with Gasteiger partial charge >= 0.3 is 0 Å². The Labute approximate surface area is 152 Å². The summed E-state index contributed by atoms with van der Waals surface area (Å²) in [7, 11) is 1.81. The van der Waals surface area contributed by atoms with Crippen molar-refractivity contribution in [2.45, 2.75) is 52.2 Å². The Morgan fingerprint density at radius 1 is 1.12 bits per heavy atom. The van der Waals surface area contributed by atoms with E-state index in [2.05, 4.69) is 47.4 Å². The van der Waals surface area contributed by atoms with Crippen LogP contribution in [0.1, 0.15) is 45.6 Å². The minimum absolute atomic E-state index is 0.204. The first kappa shape index (κ1) is 19.6. The lowest BCUT2D eigenvalue weighted by Crippen LogP contribution is -2.42. The van der Waals surface area contributed by atoms with Crippen LogP contribution >= 0.6 is 0 Å². The van der Waals surface area contributed by atoms with Crippen molar-refractivity contribution in [3.8, 4) is 5.75 Å². The zero-order chi connectivity index (χ0) is 18.1. The van der Waals surface area contributed by atoms with Crippen molar-refractivity contribution >= 4 is 5.96 Å². The van der Waals surface area contributed by atoms with Gasteiger partial charge in [0.05, 0.1) is 0 Å². The molecule has 140 valence electrons. The van der Waals surface area contributed by atoms with E-state index in [1.165, 1.54) is 32.4 Å². The van der Waals surface area contributed by atoms with Crippen molar-refractivity contribution in [2.75, 3.05) is 33.2 Å². The van der Waals surface area contributed by atoms with Crippen molar-refractivity contribution in [1.82, 2.24) is 15.5 Å². The maximum absolute atomic E-state index is 6.05. The molecule has 25 heavy (non-hydrogen) atoms. The molecular weight excluding hydrogens is 312 g/mol. The number of para-hydroxylation sites is 1. The number of likely N-dealkylation sites (tertiary alicyclic amines) is 1. The molecule has 1 heterocycles. The minimum atomic E-state index is -0.204. The highest BCUT2D eigenvalue weighted by Gasteiger charge is 2.14. The Kier molecular flexibility index (Phi) is 7.56. The van der Waals surface area contributed by atoms with Gasteiger partial charge in [0.25, 0.3) is 0 Å². The van der Waals surface area contributed by atoms with E-state index >= 15 is 0 Å². The third-order valence-corrected chi connectivity index (χ3v) is 4.23. The fourth-order valence-electron chi connectivity index (χ4n) is 2.99. The summed E-state index contributed by atoms with van der Waals surface area (Å²) >= 11 is 0. The number of nitrogens with zero attached hydrogens (tertiary/aromatic N) is 2. The number of benzene rings is 1. The number of hydrogen-bond donors (Lipinski definition) is 2. The molecule has 0 aliphatic carbocycles. The molecule has 1 aliphatic rings. The molecule has 0 saturated carbocycles. The maximum atomic E-state index is 6.05. The third kappa shape index (κ3) is 7.34. The van der Waals surface area contributed by atoms with Crippen molar-refractivity contribution in [1.29, 1.82) is 0 Å². The van der Waals surface area contributed by atoms with Gasteiger partial charge in [0.1, 0.15) is 11.4 Å². The summed E-state index contributed by atoms with van der Waals surface area (Å²) in [5.41, 5.74) is 0.932. The first-order valence-electron chi connectivity index (χ1n) is 9.42. The van der Waals surface area contributed by atoms with Gasteiger partial charge in [-0.25, -0.2) is 0 Å². The molecule has 0 radical (unpaired) electrons. The molecule has 1 aromatic rings. The van der Waals surface area contributed by atoms with E-state index in [4.69, 9.17) is 4.74 Å². The first-order chi connectivity index (χ1) is 12.0. The number of guanidine groups is 1. The minimum Gasteiger partial charge on any atom is -0.488 e. The molecule has 0 aromatic heterocycles. The molecule has 1 fully saturated rings. The van der Waals surface area contributed by atoms with Gasteiger partial charge in [0, 0.05) is 32.2 Å². The van der Waals surface area contributed by atoms with Crippen LogP contribution < -0.4 is 15.4 Å². The van der Waals surface area contributed by atoms with Gasteiger partial charge in [0.2, 0.25) is 0 Å². The number of aliphatic imine (C=N–C) groups is 1. The second kappa shape index (κ2) is 9.66. The van der Waals surface area contributed by atoms with Crippen LogP contribution in [0.2, 0.25) is 0 Å². The SMILES string of the molecule is CN=C(NCCN1CCCCC1)NCc1ccccc1OC(C)(C)C. The normalized spacial score (nSPS) is 16.6. The number of ether oxygens (including phenoxy) is 1. The van der Waals surface area contributed by atoms with Gasteiger partial charge in [-0.1, -0.05) is 24.6 Å². The maximum Gasteiger partial charge on any atom is 0.191 e. The van der Waals surface area contributed by atoms with Gasteiger partial charge in [-0.2, -0.15) is 0 Å². The lowest BCUT2D eigenvalue weighted by molar-refractivity contribution is 0.129. The molecule has 0 atom stereocenters. The highest BCUT2D eigenvalue weighted by atomic mass is 16.5. The Balaban J connectivity index is 1.80. The smallest absolute Gasteiger partial charge is 0.191 e. The van der Waals surface area contributed by atoms with Crippen molar-refractivity contribution in [3.63, 3.8) is 0 Å². The van der Waals surface area contributed by atoms with Crippen molar-refractivity contribution < 1.29 is 4.74 Å². The molecular formula is C20H34N4O. The average molecular weight is 347 g/mol. The summed E-state index contributed by atoms with van der Waals surface area (Å²) in [6.07, 6.45) is 4.04. The van der Waals surface area contributed by atoms with E-state index in [0.717, 1.165) is 30.4 Å². The van der Waals surface area contributed by atoms with Crippen LogP contribution in [0.15, 0.2) is 29.3 Å². The van der Waals surface area contributed by atoms with Gasteiger partial charge in [-0.05, 0) is 52.8 Å². The number of rotatable bonds is 6. The first-order valence-corrected chi connectivity index (χ1v) is 9.42. The zero-order valence-corrected chi connectivity index (χ0v) is 16.3. The molecule has 0 spiro atoms. The average Bonchev–Trinajstić information content (AvgIpc) is 2.58. The summed E-state index contributed by atoms with van der Waals surface area (Å²) in [5.74, 6) is 1.76. The molecule has 1 aliphatic heterocycles. The molecule has 5 heteroatoms. The van der Waals surface area contributed by atoms with Gasteiger partial charge < -0.3 is 20.3 Å². The van der Waals surface area contributed by atoms with E-state index in [1.807, 2.05) is 25.2 Å². The van der Waals surface area contributed by atoms with E-state index in [0.29, 0.717) is 6.54 Å².